The Labute approximate surface area is 165 Å². The predicted molar refractivity (Wildman–Crippen MR) is 108 cm³/mol. The molecule has 1 aromatic carbocycles. The van der Waals surface area contributed by atoms with Crippen LogP contribution >= 0.6 is 11.6 Å². The molecule has 1 saturated heterocycles. The molecule has 2 heterocycles. The fourth-order valence-electron chi connectivity index (χ4n) is 2.97. The molecule has 27 heavy (non-hydrogen) atoms. The zero-order valence-corrected chi connectivity index (χ0v) is 16.5. The van der Waals surface area contributed by atoms with E-state index in [1.807, 2.05) is 12.3 Å². The van der Waals surface area contributed by atoms with Crippen LogP contribution in [0.5, 0.6) is 0 Å². The fourth-order valence-corrected chi connectivity index (χ4v) is 3.23. The van der Waals surface area contributed by atoms with E-state index in [4.69, 9.17) is 16.3 Å². The number of nitrogens with one attached hydrogen (secondary N) is 1. The molecule has 3 rings (SSSR count). The number of hydrogen-bond acceptors (Lipinski definition) is 6. The highest BCUT2D eigenvalue weighted by atomic mass is 35.5. The molecule has 7 heteroatoms. The molecule has 1 aliphatic rings. The second kappa shape index (κ2) is 9.17. The molecule has 144 valence electrons. The van der Waals surface area contributed by atoms with Crippen molar-refractivity contribution < 1.29 is 9.53 Å². The fraction of sp³-hybridized carbons (Fsp3) is 0.400. The van der Waals surface area contributed by atoms with Crippen molar-refractivity contribution in [3.05, 3.63) is 52.7 Å². The Morgan fingerprint density at radius 1 is 1.22 bits per heavy atom. The summed E-state index contributed by atoms with van der Waals surface area (Å²) >= 11 is 6.20. The molecule has 6 nitrogen and oxygen atoms in total. The average Bonchev–Trinajstić information content (AvgIpc) is 2.65. The Balaban J connectivity index is 1.59. The summed E-state index contributed by atoms with van der Waals surface area (Å²) in [4.78, 5) is 21.1. The number of carbonyl (C=O) groups excluding carboxylic acids is 1. The number of halogens is 1. The van der Waals surface area contributed by atoms with Crippen LogP contribution in [0.25, 0.3) is 0 Å². The van der Waals surface area contributed by atoms with Crippen LogP contribution in [0.3, 0.4) is 0 Å². The van der Waals surface area contributed by atoms with Crippen molar-refractivity contribution in [2.75, 3.05) is 45.2 Å². The van der Waals surface area contributed by atoms with Crippen molar-refractivity contribution in [3.8, 4) is 0 Å². The standard InChI is InChI=1S/C20H25ClN4O2/c1-3-27-20(26)17-6-5-16(12-18(17)21)23-19-7-4-15(13-22-19)14-25-10-8-24(2)9-11-25/h4-7,12-13H,3,8-11,14H2,1-2H3,(H,22,23). The maximum absolute atomic E-state index is 11.8. The van der Waals surface area contributed by atoms with Crippen LogP contribution in [0.1, 0.15) is 22.8 Å². The first-order valence-corrected chi connectivity index (χ1v) is 9.52. The number of ether oxygens (including phenoxy) is 1. The molecule has 1 aromatic heterocycles. The van der Waals surface area contributed by atoms with Crippen molar-refractivity contribution in [1.29, 1.82) is 0 Å². The molecule has 0 spiro atoms. The Kier molecular flexibility index (Phi) is 6.66. The van der Waals surface area contributed by atoms with Gasteiger partial charge in [-0.3, -0.25) is 4.90 Å². The van der Waals surface area contributed by atoms with E-state index in [1.165, 1.54) is 5.56 Å². The maximum Gasteiger partial charge on any atom is 0.339 e. The summed E-state index contributed by atoms with van der Waals surface area (Å²) in [7, 11) is 2.16. The van der Waals surface area contributed by atoms with Gasteiger partial charge < -0.3 is 15.0 Å². The topological polar surface area (TPSA) is 57.7 Å². The van der Waals surface area contributed by atoms with Crippen molar-refractivity contribution >= 4 is 29.1 Å². The van der Waals surface area contributed by atoms with E-state index in [-0.39, 0.29) is 0 Å². The molecular weight excluding hydrogens is 364 g/mol. The lowest BCUT2D eigenvalue weighted by atomic mass is 10.2. The van der Waals surface area contributed by atoms with Crippen LogP contribution in [0, 0.1) is 0 Å². The lowest BCUT2D eigenvalue weighted by Crippen LogP contribution is -2.43. The van der Waals surface area contributed by atoms with Gasteiger partial charge in [-0.15, -0.1) is 0 Å². The van der Waals surface area contributed by atoms with E-state index in [2.05, 4.69) is 33.2 Å². The summed E-state index contributed by atoms with van der Waals surface area (Å²) in [5.41, 5.74) is 2.33. The molecule has 1 aliphatic heterocycles. The SMILES string of the molecule is CCOC(=O)c1ccc(Nc2ccc(CN3CCN(C)CC3)cn2)cc1Cl. The number of nitrogens with zero attached hydrogens (tertiary/aromatic N) is 3. The maximum atomic E-state index is 11.8. The monoisotopic (exact) mass is 388 g/mol. The average molecular weight is 389 g/mol. The molecule has 0 atom stereocenters. The Bertz CT molecular complexity index is 774. The van der Waals surface area contributed by atoms with Gasteiger partial charge in [-0.05, 0) is 43.8 Å². The molecule has 1 fully saturated rings. The van der Waals surface area contributed by atoms with E-state index in [9.17, 15) is 4.79 Å². The number of likely N-dealkylation sites (N-methyl/N-ethyl adjacent to an activating group) is 1. The first-order chi connectivity index (χ1) is 13.0. The van der Waals surface area contributed by atoms with Gasteiger partial charge in [0.2, 0.25) is 0 Å². The van der Waals surface area contributed by atoms with Gasteiger partial charge >= 0.3 is 5.97 Å². The number of hydrogen-bond donors (Lipinski definition) is 1. The number of benzene rings is 1. The van der Waals surface area contributed by atoms with Gasteiger partial charge in [0.15, 0.2) is 0 Å². The number of piperazine rings is 1. The van der Waals surface area contributed by atoms with Gasteiger partial charge in [0.25, 0.3) is 0 Å². The third-order valence-corrected chi connectivity index (χ3v) is 4.88. The zero-order chi connectivity index (χ0) is 19.2. The number of esters is 1. The van der Waals surface area contributed by atoms with E-state index in [0.717, 1.165) is 44.2 Å². The van der Waals surface area contributed by atoms with Crippen LogP contribution in [0.2, 0.25) is 5.02 Å². The van der Waals surface area contributed by atoms with Crippen LogP contribution in [-0.2, 0) is 11.3 Å². The molecule has 0 amide bonds. The highest BCUT2D eigenvalue weighted by Crippen LogP contribution is 2.24. The van der Waals surface area contributed by atoms with Crippen molar-refractivity contribution in [2.24, 2.45) is 0 Å². The van der Waals surface area contributed by atoms with Gasteiger partial charge in [0.05, 0.1) is 17.2 Å². The quantitative estimate of drug-likeness (QED) is 0.765. The van der Waals surface area contributed by atoms with Gasteiger partial charge in [-0.1, -0.05) is 17.7 Å². The number of anilines is 2. The van der Waals surface area contributed by atoms with Crippen LogP contribution in [0.4, 0.5) is 11.5 Å². The molecule has 0 aliphatic carbocycles. The van der Waals surface area contributed by atoms with Crippen LogP contribution < -0.4 is 5.32 Å². The van der Waals surface area contributed by atoms with Gasteiger partial charge in [-0.25, -0.2) is 9.78 Å². The minimum absolute atomic E-state index is 0.319. The number of pyridine rings is 1. The van der Waals surface area contributed by atoms with Crippen LogP contribution in [-0.4, -0.2) is 60.6 Å². The van der Waals surface area contributed by atoms with E-state index >= 15 is 0 Å². The van der Waals surface area contributed by atoms with Crippen molar-refractivity contribution in [1.82, 2.24) is 14.8 Å². The highest BCUT2D eigenvalue weighted by molar-refractivity contribution is 6.33. The minimum Gasteiger partial charge on any atom is -0.462 e. The van der Waals surface area contributed by atoms with E-state index < -0.39 is 5.97 Å². The lowest BCUT2D eigenvalue weighted by Gasteiger charge is -2.32. The summed E-state index contributed by atoms with van der Waals surface area (Å²) in [5.74, 6) is 0.317. The number of rotatable bonds is 6. The first kappa shape index (κ1) is 19.6. The summed E-state index contributed by atoms with van der Waals surface area (Å²) in [6.07, 6.45) is 1.90. The Morgan fingerprint density at radius 3 is 2.63 bits per heavy atom. The Morgan fingerprint density at radius 2 is 2.00 bits per heavy atom. The molecule has 1 N–H and O–H groups in total. The number of carbonyl (C=O) groups is 1. The second-order valence-electron chi connectivity index (χ2n) is 6.67. The van der Waals surface area contributed by atoms with Crippen LogP contribution in [0.15, 0.2) is 36.5 Å². The zero-order valence-electron chi connectivity index (χ0n) is 15.7. The summed E-state index contributed by atoms with van der Waals surface area (Å²) in [6, 6.07) is 9.19. The van der Waals surface area contributed by atoms with Gasteiger partial charge in [-0.2, -0.15) is 0 Å². The number of aromatic nitrogens is 1. The lowest BCUT2D eigenvalue weighted by molar-refractivity contribution is 0.0526. The Hall–Kier alpha value is -2.15. The largest absolute Gasteiger partial charge is 0.462 e. The first-order valence-electron chi connectivity index (χ1n) is 9.14. The highest BCUT2D eigenvalue weighted by Gasteiger charge is 2.14. The predicted octanol–water partition coefficient (Wildman–Crippen LogP) is 3.40. The molecule has 0 saturated carbocycles. The summed E-state index contributed by atoms with van der Waals surface area (Å²) in [5, 5.41) is 3.56. The normalized spacial score (nSPS) is 15.5. The third-order valence-electron chi connectivity index (χ3n) is 4.56. The molecule has 0 unspecified atom stereocenters. The second-order valence-corrected chi connectivity index (χ2v) is 7.08. The van der Waals surface area contributed by atoms with E-state index in [0.29, 0.717) is 17.2 Å². The molecule has 0 bridgehead atoms. The molecule has 2 aromatic rings. The molecule has 0 radical (unpaired) electrons. The van der Waals surface area contributed by atoms with Crippen molar-refractivity contribution in [2.45, 2.75) is 13.5 Å². The van der Waals surface area contributed by atoms with Gasteiger partial charge in [0.1, 0.15) is 5.82 Å². The minimum atomic E-state index is -0.416. The third kappa shape index (κ3) is 5.42. The van der Waals surface area contributed by atoms with Crippen molar-refractivity contribution in [3.63, 3.8) is 0 Å². The van der Waals surface area contributed by atoms with Gasteiger partial charge in [0, 0.05) is 44.6 Å². The molecular formula is C20H25ClN4O2. The smallest absolute Gasteiger partial charge is 0.339 e. The van der Waals surface area contributed by atoms with E-state index in [1.54, 1.807) is 25.1 Å². The summed E-state index contributed by atoms with van der Waals surface area (Å²) < 4.78 is 4.99. The summed E-state index contributed by atoms with van der Waals surface area (Å²) in [6.45, 7) is 7.39.